The van der Waals surface area contributed by atoms with Crippen molar-refractivity contribution in [2.45, 2.75) is 31.7 Å². The van der Waals surface area contributed by atoms with Gasteiger partial charge in [0.15, 0.2) is 0 Å². The van der Waals surface area contributed by atoms with E-state index in [0.29, 0.717) is 0 Å². The van der Waals surface area contributed by atoms with Gasteiger partial charge in [0, 0.05) is 12.3 Å². The predicted molar refractivity (Wildman–Crippen MR) is 62.2 cm³/mol. The second-order valence-electron chi connectivity index (χ2n) is 4.38. The molecular weight excluding hydrogens is 256 g/mol. The number of hydrogen-bond acceptors (Lipinski definition) is 4. The van der Waals surface area contributed by atoms with Crippen LogP contribution in [0.5, 0.6) is 0 Å². The van der Waals surface area contributed by atoms with Gasteiger partial charge in [-0.1, -0.05) is 0 Å². The van der Waals surface area contributed by atoms with E-state index in [-0.39, 0.29) is 31.2 Å². The summed E-state index contributed by atoms with van der Waals surface area (Å²) >= 11 is 0. The molecule has 1 fully saturated rings. The molecule has 106 valence electrons. The molecule has 1 aliphatic carbocycles. The van der Waals surface area contributed by atoms with E-state index in [0.717, 1.165) is 12.8 Å². The van der Waals surface area contributed by atoms with Crippen molar-refractivity contribution in [3.05, 3.63) is 0 Å². The third kappa shape index (κ3) is 5.84. The molecule has 0 aromatic carbocycles. The minimum absolute atomic E-state index is 0.0323. The van der Waals surface area contributed by atoms with Crippen LogP contribution in [0.1, 0.15) is 25.7 Å². The summed E-state index contributed by atoms with van der Waals surface area (Å²) in [7, 11) is 0. The lowest BCUT2D eigenvalue weighted by molar-refractivity contribution is -0.142. The van der Waals surface area contributed by atoms with Crippen LogP contribution in [0, 0.1) is 5.92 Å². The Morgan fingerprint density at radius 2 is 1.79 bits per heavy atom. The average Bonchev–Trinajstić information content (AvgIpc) is 3.14. The fraction of sp³-hybridized carbons (Fsp3) is 0.636. The zero-order valence-corrected chi connectivity index (χ0v) is 10.2. The van der Waals surface area contributed by atoms with Gasteiger partial charge in [-0.05, 0) is 19.3 Å². The minimum atomic E-state index is -1.30. The van der Waals surface area contributed by atoms with Crippen molar-refractivity contribution in [1.82, 2.24) is 10.6 Å². The van der Waals surface area contributed by atoms with Crippen LogP contribution >= 0.6 is 0 Å². The van der Waals surface area contributed by atoms with E-state index in [2.05, 4.69) is 10.6 Å². The normalized spacial score (nSPS) is 15.4. The molecule has 2 amide bonds. The maximum Gasteiger partial charge on any atom is 0.326 e. The molecule has 1 saturated carbocycles. The highest BCUT2D eigenvalue weighted by molar-refractivity contribution is 5.89. The van der Waals surface area contributed by atoms with Crippen molar-refractivity contribution < 1.29 is 29.4 Å². The standard InChI is InChI=1S/C11H16N2O6/c14-8(5-12-10(17)6-1-2-6)13-7(11(18)19)3-4-9(15)16/h6-7H,1-5H2,(H,12,17)(H,13,14)(H,15,16)(H,18,19). The Labute approximate surface area is 109 Å². The van der Waals surface area contributed by atoms with Crippen molar-refractivity contribution in [3.63, 3.8) is 0 Å². The second kappa shape index (κ2) is 6.72. The van der Waals surface area contributed by atoms with Crippen LogP contribution < -0.4 is 10.6 Å². The summed E-state index contributed by atoms with van der Waals surface area (Å²) < 4.78 is 0. The summed E-state index contributed by atoms with van der Waals surface area (Å²) in [5, 5.41) is 21.8. The molecule has 0 spiro atoms. The number of carboxylic acids is 2. The topological polar surface area (TPSA) is 133 Å². The van der Waals surface area contributed by atoms with Crippen molar-refractivity contribution >= 4 is 23.8 Å². The van der Waals surface area contributed by atoms with E-state index in [1.165, 1.54) is 0 Å². The molecule has 0 heterocycles. The van der Waals surface area contributed by atoms with E-state index in [1.807, 2.05) is 0 Å². The Morgan fingerprint density at radius 1 is 1.16 bits per heavy atom. The summed E-state index contributed by atoms with van der Waals surface area (Å²) in [6.07, 6.45) is 1.06. The highest BCUT2D eigenvalue weighted by Crippen LogP contribution is 2.28. The number of hydrogen-bond donors (Lipinski definition) is 4. The Morgan fingerprint density at radius 3 is 2.26 bits per heavy atom. The monoisotopic (exact) mass is 272 g/mol. The first-order valence-electron chi connectivity index (χ1n) is 5.92. The summed E-state index contributed by atoms with van der Waals surface area (Å²) in [4.78, 5) is 43.8. The van der Waals surface area contributed by atoms with Crippen LogP contribution in [0.4, 0.5) is 0 Å². The Bertz CT molecular complexity index is 391. The fourth-order valence-electron chi connectivity index (χ4n) is 1.43. The summed E-state index contributed by atoms with van der Waals surface area (Å²) in [6.45, 7) is -0.299. The number of carbonyl (C=O) groups is 4. The number of aliphatic carboxylic acids is 2. The SMILES string of the molecule is O=C(O)CCC(NC(=O)CNC(=O)C1CC1)C(=O)O. The van der Waals surface area contributed by atoms with Crippen LogP contribution in [-0.4, -0.2) is 46.6 Å². The highest BCUT2D eigenvalue weighted by atomic mass is 16.4. The Kier molecular flexibility index (Phi) is 5.28. The van der Waals surface area contributed by atoms with Gasteiger partial charge in [0.25, 0.3) is 0 Å². The molecule has 0 aromatic heterocycles. The molecule has 19 heavy (non-hydrogen) atoms. The zero-order valence-electron chi connectivity index (χ0n) is 10.2. The second-order valence-corrected chi connectivity index (χ2v) is 4.38. The molecule has 1 rings (SSSR count). The molecule has 1 unspecified atom stereocenters. The van der Waals surface area contributed by atoms with Crippen molar-refractivity contribution in [2.24, 2.45) is 5.92 Å². The first-order valence-corrected chi connectivity index (χ1v) is 5.92. The third-order valence-electron chi connectivity index (χ3n) is 2.65. The summed E-state index contributed by atoms with van der Waals surface area (Å²) in [6, 6.07) is -1.26. The number of carboxylic acid groups (broad SMARTS) is 2. The van der Waals surface area contributed by atoms with Crippen LogP contribution in [0.3, 0.4) is 0 Å². The van der Waals surface area contributed by atoms with E-state index in [1.54, 1.807) is 0 Å². The van der Waals surface area contributed by atoms with Gasteiger partial charge in [-0.25, -0.2) is 4.79 Å². The number of nitrogens with one attached hydrogen (secondary N) is 2. The summed E-state index contributed by atoms with van der Waals surface area (Å²) in [5.41, 5.74) is 0. The van der Waals surface area contributed by atoms with Crippen LogP contribution in [0.15, 0.2) is 0 Å². The molecule has 8 nitrogen and oxygen atoms in total. The Balaban J connectivity index is 2.31. The van der Waals surface area contributed by atoms with Gasteiger partial charge in [-0.3, -0.25) is 14.4 Å². The summed E-state index contributed by atoms with van der Waals surface area (Å²) in [5.74, 6) is -3.33. The number of carbonyl (C=O) groups excluding carboxylic acids is 2. The first-order chi connectivity index (χ1) is 8.90. The highest BCUT2D eigenvalue weighted by Gasteiger charge is 2.30. The molecule has 8 heteroatoms. The smallest absolute Gasteiger partial charge is 0.326 e. The molecule has 0 radical (unpaired) electrons. The lowest BCUT2D eigenvalue weighted by atomic mass is 10.1. The molecule has 4 N–H and O–H groups in total. The average molecular weight is 272 g/mol. The van der Waals surface area contributed by atoms with Crippen molar-refractivity contribution in [1.29, 1.82) is 0 Å². The lowest BCUT2D eigenvalue weighted by Crippen LogP contribution is -2.45. The number of rotatable bonds is 8. The van der Waals surface area contributed by atoms with E-state index >= 15 is 0 Å². The van der Waals surface area contributed by atoms with Gasteiger partial charge >= 0.3 is 11.9 Å². The quantitative estimate of drug-likeness (QED) is 0.445. The van der Waals surface area contributed by atoms with Crippen LogP contribution in [0.2, 0.25) is 0 Å². The Hall–Kier alpha value is -2.12. The van der Waals surface area contributed by atoms with E-state index in [4.69, 9.17) is 10.2 Å². The molecule has 0 aromatic rings. The maximum absolute atomic E-state index is 11.4. The van der Waals surface area contributed by atoms with Gasteiger partial charge in [0.1, 0.15) is 6.04 Å². The van der Waals surface area contributed by atoms with Gasteiger partial charge in [-0.2, -0.15) is 0 Å². The van der Waals surface area contributed by atoms with E-state index < -0.39 is 23.9 Å². The van der Waals surface area contributed by atoms with Gasteiger partial charge < -0.3 is 20.8 Å². The minimum Gasteiger partial charge on any atom is -0.481 e. The van der Waals surface area contributed by atoms with Crippen molar-refractivity contribution in [3.8, 4) is 0 Å². The van der Waals surface area contributed by atoms with Gasteiger partial charge in [-0.15, -0.1) is 0 Å². The molecule has 1 atom stereocenters. The van der Waals surface area contributed by atoms with Gasteiger partial charge in [0.2, 0.25) is 11.8 Å². The molecule has 0 aliphatic heterocycles. The number of amides is 2. The maximum atomic E-state index is 11.4. The van der Waals surface area contributed by atoms with Crippen LogP contribution in [-0.2, 0) is 19.2 Å². The molecule has 1 aliphatic rings. The largest absolute Gasteiger partial charge is 0.481 e. The van der Waals surface area contributed by atoms with Crippen LogP contribution in [0.25, 0.3) is 0 Å². The van der Waals surface area contributed by atoms with E-state index in [9.17, 15) is 19.2 Å². The molecule has 0 saturated heterocycles. The first kappa shape index (κ1) is 14.9. The predicted octanol–water partition coefficient (Wildman–Crippen LogP) is -1.05. The van der Waals surface area contributed by atoms with Gasteiger partial charge in [0.05, 0.1) is 6.54 Å². The zero-order chi connectivity index (χ0) is 14.4. The molecule has 0 bridgehead atoms. The molecular formula is C11H16N2O6. The third-order valence-corrected chi connectivity index (χ3v) is 2.65. The fourth-order valence-corrected chi connectivity index (χ4v) is 1.43. The van der Waals surface area contributed by atoms with Crippen molar-refractivity contribution in [2.75, 3.05) is 6.54 Å². The lowest BCUT2D eigenvalue weighted by Gasteiger charge is -2.13.